The molecule has 0 amide bonds. The van der Waals surface area contributed by atoms with Crippen LogP contribution in [0.5, 0.6) is 0 Å². The van der Waals surface area contributed by atoms with Crippen LogP contribution in [-0.2, 0) is 12.5 Å². The number of alkyl halides is 1. The number of halogens is 1. The van der Waals surface area contributed by atoms with E-state index in [1.807, 2.05) is 17.5 Å². The van der Waals surface area contributed by atoms with Gasteiger partial charge in [-0.25, -0.2) is 0 Å². The molecule has 14 heavy (non-hydrogen) atoms. The molecule has 0 saturated carbocycles. The third-order valence-corrected chi connectivity index (χ3v) is 3.51. The zero-order chi connectivity index (χ0) is 10.1. The van der Waals surface area contributed by atoms with Gasteiger partial charge in [0.2, 0.25) is 0 Å². The molecule has 0 atom stereocenters. The molecule has 0 aliphatic heterocycles. The van der Waals surface area contributed by atoms with E-state index in [0.29, 0.717) is 5.88 Å². The first-order chi connectivity index (χ1) is 6.77. The Morgan fingerprint density at radius 2 is 2.21 bits per heavy atom. The minimum Gasteiger partial charge on any atom is -0.398 e. The predicted molar refractivity (Wildman–Crippen MR) is 61.7 cm³/mol. The monoisotopic (exact) mass is 227 g/mol. The van der Waals surface area contributed by atoms with Crippen molar-refractivity contribution in [1.82, 2.24) is 0 Å². The molecule has 4 heteroatoms. The van der Waals surface area contributed by atoms with Gasteiger partial charge in [-0.1, -0.05) is 6.07 Å². The summed E-state index contributed by atoms with van der Waals surface area (Å²) in [6.07, 6.45) is 0. The lowest BCUT2D eigenvalue weighted by molar-refractivity contribution is 0.281. The lowest BCUT2D eigenvalue weighted by Gasteiger charge is -2.06. The van der Waals surface area contributed by atoms with Gasteiger partial charge in [-0.15, -0.1) is 22.9 Å². The van der Waals surface area contributed by atoms with Crippen LogP contribution in [0.4, 0.5) is 5.69 Å². The molecule has 0 bridgehead atoms. The summed E-state index contributed by atoms with van der Waals surface area (Å²) in [4.78, 5) is 0. The fraction of sp³-hybridized carbons (Fsp3) is 0.200. The van der Waals surface area contributed by atoms with E-state index in [0.717, 1.165) is 26.9 Å². The van der Waals surface area contributed by atoms with Crippen molar-refractivity contribution in [1.29, 1.82) is 0 Å². The number of rotatable bonds is 2. The highest BCUT2D eigenvalue weighted by atomic mass is 35.5. The van der Waals surface area contributed by atoms with Crippen molar-refractivity contribution in [3.05, 3.63) is 28.6 Å². The molecule has 3 N–H and O–H groups in total. The predicted octanol–water partition coefficient (Wildman–Crippen LogP) is 2.71. The Bertz CT molecular complexity index is 466. The largest absolute Gasteiger partial charge is 0.398 e. The summed E-state index contributed by atoms with van der Waals surface area (Å²) >= 11 is 7.45. The maximum absolute atomic E-state index is 9.14. The summed E-state index contributed by atoms with van der Waals surface area (Å²) < 4.78 is 1.12. The zero-order valence-electron chi connectivity index (χ0n) is 7.46. The molecule has 2 aromatic rings. The second-order valence-electron chi connectivity index (χ2n) is 3.06. The average Bonchev–Trinajstić information content (AvgIpc) is 2.59. The van der Waals surface area contributed by atoms with Gasteiger partial charge < -0.3 is 10.8 Å². The molecule has 0 spiro atoms. The Kier molecular flexibility index (Phi) is 2.63. The standard InChI is InChI=1S/C10H10ClNOS/c11-3-7-6(4-13)1-2-9-10(7)8(12)5-14-9/h1-2,5,13H,3-4,12H2. The van der Waals surface area contributed by atoms with Crippen molar-refractivity contribution in [3.8, 4) is 0 Å². The van der Waals surface area contributed by atoms with Gasteiger partial charge in [0, 0.05) is 21.3 Å². The van der Waals surface area contributed by atoms with Gasteiger partial charge in [0.25, 0.3) is 0 Å². The summed E-state index contributed by atoms with van der Waals surface area (Å²) in [5, 5.41) is 12.0. The van der Waals surface area contributed by atoms with Crippen LogP contribution in [0.1, 0.15) is 11.1 Å². The number of hydrogen-bond acceptors (Lipinski definition) is 3. The van der Waals surface area contributed by atoms with E-state index in [2.05, 4.69) is 0 Å². The van der Waals surface area contributed by atoms with Gasteiger partial charge in [0.15, 0.2) is 0 Å². The van der Waals surface area contributed by atoms with E-state index in [4.69, 9.17) is 22.4 Å². The summed E-state index contributed by atoms with van der Waals surface area (Å²) in [7, 11) is 0. The van der Waals surface area contributed by atoms with Crippen molar-refractivity contribution in [2.75, 3.05) is 5.73 Å². The van der Waals surface area contributed by atoms with Crippen molar-refractivity contribution in [3.63, 3.8) is 0 Å². The van der Waals surface area contributed by atoms with Crippen LogP contribution in [0.15, 0.2) is 17.5 Å². The first-order valence-corrected chi connectivity index (χ1v) is 5.63. The molecule has 0 radical (unpaired) electrons. The van der Waals surface area contributed by atoms with E-state index in [-0.39, 0.29) is 6.61 Å². The molecule has 0 unspecified atom stereocenters. The normalized spacial score (nSPS) is 11.0. The quantitative estimate of drug-likeness (QED) is 0.775. The SMILES string of the molecule is Nc1csc2ccc(CO)c(CCl)c12. The fourth-order valence-corrected chi connectivity index (χ4v) is 2.75. The third-order valence-electron chi connectivity index (χ3n) is 2.28. The van der Waals surface area contributed by atoms with Gasteiger partial charge >= 0.3 is 0 Å². The Morgan fingerprint density at radius 1 is 1.43 bits per heavy atom. The van der Waals surface area contributed by atoms with Crippen LogP contribution in [0.2, 0.25) is 0 Å². The average molecular weight is 228 g/mol. The number of nitrogen functional groups attached to an aromatic ring is 1. The molecule has 0 saturated heterocycles. The van der Waals surface area contributed by atoms with Gasteiger partial charge in [0.1, 0.15) is 0 Å². The molecule has 1 aromatic heterocycles. The molecule has 74 valence electrons. The summed E-state index contributed by atoms with van der Waals surface area (Å²) in [6, 6.07) is 3.87. The van der Waals surface area contributed by atoms with E-state index in [1.165, 1.54) is 0 Å². The van der Waals surface area contributed by atoms with Crippen molar-refractivity contribution < 1.29 is 5.11 Å². The van der Waals surface area contributed by atoms with Crippen LogP contribution < -0.4 is 5.73 Å². The van der Waals surface area contributed by atoms with Crippen molar-refractivity contribution >= 4 is 38.7 Å². The number of aliphatic hydroxyl groups is 1. The van der Waals surface area contributed by atoms with Gasteiger partial charge in [-0.05, 0) is 17.2 Å². The van der Waals surface area contributed by atoms with E-state index in [9.17, 15) is 0 Å². The van der Waals surface area contributed by atoms with Crippen LogP contribution in [-0.4, -0.2) is 5.11 Å². The molecule has 0 fully saturated rings. The fourth-order valence-electron chi connectivity index (χ4n) is 1.57. The van der Waals surface area contributed by atoms with Crippen molar-refractivity contribution in [2.45, 2.75) is 12.5 Å². The Labute approximate surface area is 90.9 Å². The van der Waals surface area contributed by atoms with Gasteiger partial charge in [-0.3, -0.25) is 0 Å². The second kappa shape index (κ2) is 3.77. The van der Waals surface area contributed by atoms with Crippen LogP contribution in [0.3, 0.4) is 0 Å². The maximum Gasteiger partial charge on any atom is 0.0685 e. The number of anilines is 1. The summed E-state index contributed by atoms with van der Waals surface area (Å²) in [5.41, 5.74) is 8.40. The number of hydrogen-bond donors (Lipinski definition) is 2. The van der Waals surface area contributed by atoms with E-state index in [1.54, 1.807) is 11.3 Å². The zero-order valence-corrected chi connectivity index (χ0v) is 9.03. The maximum atomic E-state index is 9.14. The molecule has 0 aliphatic rings. The molecule has 1 aromatic carbocycles. The van der Waals surface area contributed by atoms with Crippen LogP contribution in [0, 0.1) is 0 Å². The minimum atomic E-state index is 0.00722. The highest BCUT2D eigenvalue weighted by Crippen LogP contribution is 2.33. The molecule has 2 nitrogen and oxygen atoms in total. The van der Waals surface area contributed by atoms with Gasteiger partial charge in [0.05, 0.1) is 12.3 Å². The van der Waals surface area contributed by atoms with Crippen molar-refractivity contribution in [2.24, 2.45) is 0 Å². The molecule has 0 aliphatic carbocycles. The van der Waals surface area contributed by atoms with Crippen LogP contribution in [0.25, 0.3) is 10.1 Å². The highest BCUT2D eigenvalue weighted by Gasteiger charge is 2.10. The van der Waals surface area contributed by atoms with E-state index >= 15 is 0 Å². The molecular weight excluding hydrogens is 218 g/mol. The number of nitrogens with two attached hydrogens (primary N) is 1. The Hall–Kier alpha value is -0.770. The lowest BCUT2D eigenvalue weighted by Crippen LogP contribution is -1.93. The number of benzene rings is 1. The number of fused-ring (bicyclic) bond motifs is 1. The number of aliphatic hydroxyl groups excluding tert-OH is 1. The van der Waals surface area contributed by atoms with Crippen LogP contribution >= 0.6 is 22.9 Å². The minimum absolute atomic E-state index is 0.00722. The molecule has 1 heterocycles. The second-order valence-corrected chi connectivity index (χ2v) is 4.24. The molecular formula is C10H10ClNOS. The topological polar surface area (TPSA) is 46.2 Å². The molecule has 2 rings (SSSR count). The third kappa shape index (κ3) is 1.38. The Balaban J connectivity index is 2.81. The lowest BCUT2D eigenvalue weighted by atomic mass is 10.0. The van der Waals surface area contributed by atoms with Gasteiger partial charge in [-0.2, -0.15) is 0 Å². The highest BCUT2D eigenvalue weighted by molar-refractivity contribution is 7.17. The Morgan fingerprint density at radius 3 is 2.86 bits per heavy atom. The summed E-state index contributed by atoms with van der Waals surface area (Å²) in [6.45, 7) is 0.00722. The van der Waals surface area contributed by atoms with E-state index < -0.39 is 0 Å². The summed E-state index contributed by atoms with van der Waals surface area (Å²) in [5.74, 6) is 0.383. The first kappa shape index (κ1) is 9.77. The first-order valence-electron chi connectivity index (χ1n) is 4.22. The smallest absolute Gasteiger partial charge is 0.0685 e. The number of thiophene rings is 1.